The van der Waals surface area contributed by atoms with E-state index in [9.17, 15) is 9.90 Å². The first kappa shape index (κ1) is 11.5. The molecule has 1 amide bonds. The van der Waals surface area contributed by atoms with Gasteiger partial charge in [-0.1, -0.05) is 6.92 Å². The molecule has 82 valence electrons. The van der Waals surface area contributed by atoms with Crippen LogP contribution in [0.5, 0.6) is 0 Å². The van der Waals surface area contributed by atoms with Gasteiger partial charge in [-0.05, 0) is 30.6 Å². The molecule has 0 radical (unpaired) electrons. The second-order valence-electron chi connectivity index (χ2n) is 4.60. The molecule has 1 N–H and O–H groups in total. The van der Waals surface area contributed by atoms with E-state index in [0.717, 1.165) is 19.3 Å². The van der Waals surface area contributed by atoms with Crippen LogP contribution in [0.1, 0.15) is 32.6 Å². The molecule has 14 heavy (non-hydrogen) atoms. The highest BCUT2D eigenvalue weighted by atomic mass is 16.3. The van der Waals surface area contributed by atoms with Crippen molar-refractivity contribution in [2.75, 3.05) is 20.7 Å². The van der Waals surface area contributed by atoms with Crippen LogP contribution in [0, 0.1) is 11.3 Å². The van der Waals surface area contributed by atoms with Gasteiger partial charge >= 0.3 is 0 Å². The number of hydrogen-bond donors (Lipinski definition) is 1. The summed E-state index contributed by atoms with van der Waals surface area (Å²) in [4.78, 5) is 13.1. The minimum atomic E-state index is 0.0473. The first-order valence-corrected chi connectivity index (χ1v) is 5.36. The molecular weight excluding hydrogens is 178 g/mol. The van der Waals surface area contributed by atoms with Crippen LogP contribution >= 0.6 is 0 Å². The molecule has 0 bridgehead atoms. The van der Waals surface area contributed by atoms with Gasteiger partial charge in [0.1, 0.15) is 0 Å². The fourth-order valence-corrected chi connectivity index (χ4v) is 2.25. The van der Waals surface area contributed by atoms with Crippen LogP contribution < -0.4 is 0 Å². The third-order valence-corrected chi connectivity index (χ3v) is 3.80. The zero-order valence-electron chi connectivity index (χ0n) is 9.42. The van der Waals surface area contributed by atoms with Crippen molar-refractivity contribution in [1.29, 1.82) is 0 Å². The largest absolute Gasteiger partial charge is 0.396 e. The molecular formula is C11H21NO2. The van der Waals surface area contributed by atoms with Gasteiger partial charge in [-0.15, -0.1) is 0 Å². The summed E-state index contributed by atoms with van der Waals surface area (Å²) in [5.41, 5.74) is 0.0473. The summed E-state index contributed by atoms with van der Waals surface area (Å²) >= 11 is 0. The molecule has 0 heterocycles. The number of aliphatic hydroxyl groups excluding tert-OH is 1. The molecule has 1 aliphatic rings. The molecule has 0 aromatic heterocycles. The van der Waals surface area contributed by atoms with Gasteiger partial charge < -0.3 is 10.0 Å². The number of nitrogens with zero attached hydrogens (tertiary/aromatic N) is 1. The lowest BCUT2D eigenvalue weighted by molar-refractivity contribution is -0.134. The third-order valence-electron chi connectivity index (χ3n) is 3.80. The number of amides is 1. The van der Waals surface area contributed by atoms with E-state index in [4.69, 9.17) is 0 Å². The number of carbonyl (C=O) groups is 1. The SMILES string of the molecule is CC[C@@]1(CO)CC[C@H]1CC(=O)N(C)C. The average molecular weight is 199 g/mol. The average Bonchev–Trinajstić information content (AvgIpc) is 2.14. The van der Waals surface area contributed by atoms with Crippen molar-refractivity contribution in [2.45, 2.75) is 32.6 Å². The van der Waals surface area contributed by atoms with E-state index in [0.29, 0.717) is 12.3 Å². The molecule has 3 heteroatoms. The van der Waals surface area contributed by atoms with Crippen molar-refractivity contribution >= 4 is 5.91 Å². The van der Waals surface area contributed by atoms with Gasteiger partial charge in [-0.25, -0.2) is 0 Å². The van der Waals surface area contributed by atoms with Crippen LogP contribution in [0.25, 0.3) is 0 Å². The number of carbonyl (C=O) groups excluding carboxylic acids is 1. The van der Waals surface area contributed by atoms with Gasteiger partial charge in [0.25, 0.3) is 0 Å². The van der Waals surface area contributed by atoms with Crippen LogP contribution in [-0.4, -0.2) is 36.6 Å². The maximum absolute atomic E-state index is 11.5. The van der Waals surface area contributed by atoms with Crippen LogP contribution in [0.15, 0.2) is 0 Å². The monoisotopic (exact) mass is 199 g/mol. The topological polar surface area (TPSA) is 40.5 Å². The molecule has 0 aliphatic heterocycles. The summed E-state index contributed by atoms with van der Waals surface area (Å²) < 4.78 is 0. The van der Waals surface area contributed by atoms with E-state index in [2.05, 4.69) is 6.92 Å². The fraction of sp³-hybridized carbons (Fsp3) is 0.909. The Morgan fingerprint density at radius 1 is 1.57 bits per heavy atom. The highest BCUT2D eigenvalue weighted by molar-refractivity contribution is 5.76. The maximum atomic E-state index is 11.5. The summed E-state index contributed by atoms with van der Waals surface area (Å²) in [6, 6.07) is 0. The highest BCUT2D eigenvalue weighted by Crippen LogP contribution is 2.50. The van der Waals surface area contributed by atoms with Crippen molar-refractivity contribution in [3.63, 3.8) is 0 Å². The Kier molecular flexibility index (Phi) is 3.53. The lowest BCUT2D eigenvalue weighted by Crippen LogP contribution is -2.45. The highest BCUT2D eigenvalue weighted by Gasteiger charge is 2.45. The molecule has 1 saturated carbocycles. The first-order valence-electron chi connectivity index (χ1n) is 5.36. The third kappa shape index (κ3) is 1.92. The molecule has 0 aromatic carbocycles. The van der Waals surface area contributed by atoms with Gasteiger partial charge in [0.15, 0.2) is 0 Å². The second kappa shape index (κ2) is 4.30. The Morgan fingerprint density at radius 3 is 2.50 bits per heavy atom. The summed E-state index contributed by atoms with van der Waals surface area (Å²) in [7, 11) is 3.57. The van der Waals surface area contributed by atoms with Crippen LogP contribution in [0.3, 0.4) is 0 Å². The van der Waals surface area contributed by atoms with E-state index in [1.165, 1.54) is 0 Å². The van der Waals surface area contributed by atoms with Gasteiger partial charge in [-0.3, -0.25) is 4.79 Å². The Hall–Kier alpha value is -0.570. The van der Waals surface area contributed by atoms with Gasteiger partial charge in [-0.2, -0.15) is 0 Å². The lowest BCUT2D eigenvalue weighted by Gasteiger charge is -2.48. The van der Waals surface area contributed by atoms with Crippen molar-refractivity contribution in [2.24, 2.45) is 11.3 Å². The molecule has 1 aliphatic carbocycles. The molecule has 1 rings (SSSR count). The zero-order chi connectivity index (χ0) is 10.8. The molecule has 0 aromatic rings. The first-order chi connectivity index (χ1) is 6.55. The Balaban J connectivity index is 2.50. The fourth-order valence-electron chi connectivity index (χ4n) is 2.25. The number of hydrogen-bond acceptors (Lipinski definition) is 2. The Morgan fingerprint density at radius 2 is 2.21 bits per heavy atom. The maximum Gasteiger partial charge on any atom is 0.222 e. The molecule has 1 fully saturated rings. The van der Waals surface area contributed by atoms with Crippen molar-refractivity contribution in [3.8, 4) is 0 Å². The van der Waals surface area contributed by atoms with Crippen LogP contribution in [0.4, 0.5) is 0 Å². The summed E-state index contributed by atoms with van der Waals surface area (Å²) in [5, 5.41) is 9.33. The Labute approximate surface area is 86.1 Å². The molecule has 3 nitrogen and oxygen atoms in total. The summed E-state index contributed by atoms with van der Waals surface area (Å²) in [5.74, 6) is 0.577. The summed E-state index contributed by atoms with van der Waals surface area (Å²) in [6.45, 7) is 2.33. The molecule has 0 saturated heterocycles. The van der Waals surface area contributed by atoms with Gasteiger partial charge in [0, 0.05) is 27.1 Å². The zero-order valence-corrected chi connectivity index (χ0v) is 9.42. The smallest absolute Gasteiger partial charge is 0.222 e. The molecule has 0 unspecified atom stereocenters. The lowest BCUT2D eigenvalue weighted by atomic mass is 9.58. The van der Waals surface area contributed by atoms with Crippen molar-refractivity contribution in [3.05, 3.63) is 0 Å². The van der Waals surface area contributed by atoms with Gasteiger partial charge in [0.2, 0.25) is 5.91 Å². The predicted octanol–water partition coefficient (Wildman–Crippen LogP) is 1.26. The minimum Gasteiger partial charge on any atom is -0.396 e. The Bertz CT molecular complexity index is 204. The van der Waals surface area contributed by atoms with E-state index in [1.807, 2.05) is 0 Å². The van der Waals surface area contributed by atoms with Crippen molar-refractivity contribution in [1.82, 2.24) is 4.90 Å². The molecule has 2 atom stereocenters. The van der Waals surface area contributed by atoms with E-state index in [1.54, 1.807) is 19.0 Å². The quantitative estimate of drug-likeness (QED) is 0.740. The summed E-state index contributed by atoms with van der Waals surface area (Å²) in [6.07, 6.45) is 3.75. The number of rotatable bonds is 4. The minimum absolute atomic E-state index is 0.0473. The standard InChI is InChI=1S/C11H21NO2/c1-4-11(8-13)6-5-9(11)7-10(14)12(2)3/h9,13H,4-8H2,1-3H3/t9-,11-/m0/s1. The van der Waals surface area contributed by atoms with Crippen LogP contribution in [-0.2, 0) is 4.79 Å². The normalized spacial score (nSPS) is 31.0. The van der Waals surface area contributed by atoms with Crippen LogP contribution in [0.2, 0.25) is 0 Å². The van der Waals surface area contributed by atoms with E-state index in [-0.39, 0.29) is 17.9 Å². The van der Waals surface area contributed by atoms with E-state index >= 15 is 0 Å². The molecule has 0 spiro atoms. The van der Waals surface area contributed by atoms with Gasteiger partial charge in [0.05, 0.1) is 0 Å². The van der Waals surface area contributed by atoms with E-state index < -0.39 is 0 Å². The second-order valence-corrected chi connectivity index (χ2v) is 4.60. The number of aliphatic hydroxyl groups is 1. The predicted molar refractivity (Wildman–Crippen MR) is 55.8 cm³/mol. The van der Waals surface area contributed by atoms with Crippen molar-refractivity contribution < 1.29 is 9.90 Å².